The SMILES string of the molecule is COc1cc(Cl)nc(NC(=O)CCn2ccnc2)n1. The predicted molar refractivity (Wildman–Crippen MR) is 69.1 cm³/mol. The van der Waals surface area contributed by atoms with Crippen LogP contribution in [-0.2, 0) is 11.3 Å². The molecule has 0 spiro atoms. The van der Waals surface area contributed by atoms with Gasteiger partial charge in [0.25, 0.3) is 0 Å². The summed E-state index contributed by atoms with van der Waals surface area (Å²) in [7, 11) is 1.46. The summed E-state index contributed by atoms with van der Waals surface area (Å²) in [6.07, 6.45) is 5.37. The van der Waals surface area contributed by atoms with Gasteiger partial charge in [-0.15, -0.1) is 0 Å². The minimum atomic E-state index is -0.210. The van der Waals surface area contributed by atoms with E-state index in [1.807, 2.05) is 0 Å². The number of carbonyl (C=O) groups is 1. The molecule has 0 fully saturated rings. The Bertz CT molecular complexity index is 558. The van der Waals surface area contributed by atoms with Crippen LogP contribution < -0.4 is 10.1 Å². The second-order valence-corrected chi connectivity index (χ2v) is 4.04. The molecule has 0 saturated heterocycles. The number of ether oxygens (including phenoxy) is 1. The summed E-state index contributed by atoms with van der Waals surface area (Å²) in [5.41, 5.74) is 0. The highest BCUT2D eigenvalue weighted by molar-refractivity contribution is 6.29. The quantitative estimate of drug-likeness (QED) is 0.837. The number of imidazole rings is 1. The lowest BCUT2D eigenvalue weighted by atomic mass is 10.4. The Kier molecular flexibility index (Phi) is 4.30. The fourth-order valence-electron chi connectivity index (χ4n) is 1.39. The lowest BCUT2D eigenvalue weighted by Crippen LogP contribution is -2.16. The van der Waals surface area contributed by atoms with Gasteiger partial charge in [0.2, 0.25) is 17.7 Å². The van der Waals surface area contributed by atoms with Crippen molar-refractivity contribution in [2.45, 2.75) is 13.0 Å². The smallest absolute Gasteiger partial charge is 0.234 e. The summed E-state index contributed by atoms with van der Waals surface area (Å²) < 4.78 is 6.74. The molecule has 2 heterocycles. The highest BCUT2D eigenvalue weighted by Gasteiger charge is 2.08. The summed E-state index contributed by atoms with van der Waals surface area (Å²) in [6.45, 7) is 0.531. The standard InChI is InChI=1S/C11H12ClN5O2/c1-19-10-6-8(12)14-11(16-10)15-9(18)2-4-17-5-3-13-7-17/h3,5-7H,2,4H2,1H3,(H,14,15,16,18). The van der Waals surface area contributed by atoms with E-state index in [4.69, 9.17) is 16.3 Å². The van der Waals surface area contributed by atoms with E-state index in [0.29, 0.717) is 12.4 Å². The van der Waals surface area contributed by atoms with Crippen LogP contribution in [0.1, 0.15) is 6.42 Å². The molecule has 0 aliphatic heterocycles. The molecule has 1 amide bonds. The third-order valence-corrected chi connectivity index (χ3v) is 2.48. The van der Waals surface area contributed by atoms with E-state index in [0.717, 1.165) is 0 Å². The molecule has 8 heteroatoms. The zero-order valence-corrected chi connectivity index (χ0v) is 11.0. The van der Waals surface area contributed by atoms with Gasteiger partial charge in [0, 0.05) is 31.4 Å². The molecule has 0 saturated carbocycles. The summed E-state index contributed by atoms with van der Waals surface area (Å²) >= 11 is 5.78. The fraction of sp³-hybridized carbons (Fsp3) is 0.273. The van der Waals surface area contributed by atoms with E-state index in [1.165, 1.54) is 13.2 Å². The van der Waals surface area contributed by atoms with Gasteiger partial charge in [0.05, 0.1) is 13.4 Å². The molecule has 0 aliphatic carbocycles. The van der Waals surface area contributed by atoms with Crippen LogP contribution in [0.3, 0.4) is 0 Å². The third kappa shape index (κ3) is 3.92. The van der Waals surface area contributed by atoms with Crippen LogP contribution in [0.15, 0.2) is 24.8 Å². The van der Waals surface area contributed by atoms with Crippen molar-refractivity contribution < 1.29 is 9.53 Å². The van der Waals surface area contributed by atoms with Crippen LogP contribution in [0.25, 0.3) is 0 Å². The van der Waals surface area contributed by atoms with Gasteiger partial charge in [0.1, 0.15) is 5.15 Å². The maximum Gasteiger partial charge on any atom is 0.234 e. The number of hydrogen-bond acceptors (Lipinski definition) is 5. The summed E-state index contributed by atoms with van der Waals surface area (Å²) in [6, 6.07) is 1.46. The molecule has 0 aromatic carbocycles. The lowest BCUT2D eigenvalue weighted by molar-refractivity contribution is -0.116. The number of rotatable bonds is 5. The van der Waals surface area contributed by atoms with Crippen LogP contribution >= 0.6 is 11.6 Å². The molecule has 0 aliphatic rings. The zero-order chi connectivity index (χ0) is 13.7. The maximum absolute atomic E-state index is 11.7. The van der Waals surface area contributed by atoms with E-state index < -0.39 is 0 Å². The predicted octanol–water partition coefficient (Wildman–Crippen LogP) is 1.36. The summed E-state index contributed by atoms with van der Waals surface area (Å²) in [5, 5.41) is 2.77. The molecule has 0 bridgehead atoms. The minimum Gasteiger partial charge on any atom is -0.481 e. The molecular formula is C11H12ClN5O2. The maximum atomic E-state index is 11.7. The van der Waals surface area contributed by atoms with Crippen molar-refractivity contribution in [1.82, 2.24) is 19.5 Å². The van der Waals surface area contributed by atoms with Gasteiger partial charge in [-0.3, -0.25) is 10.1 Å². The van der Waals surface area contributed by atoms with Crippen molar-refractivity contribution >= 4 is 23.5 Å². The number of anilines is 1. The topological polar surface area (TPSA) is 81.9 Å². The third-order valence-electron chi connectivity index (χ3n) is 2.29. The molecule has 100 valence electrons. The Morgan fingerprint density at radius 1 is 1.53 bits per heavy atom. The van der Waals surface area contributed by atoms with Crippen molar-refractivity contribution in [2.75, 3.05) is 12.4 Å². The molecule has 2 aromatic rings. The fourth-order valence-corrected chi connectivity index (χ4v) is 1.57. The number of aryl methyl sites for hydroxylation is 1. The number of nitrogens with zero attached hydrogens (tertiary/aromatic N) is 4. The van der Waals surface area contributed by atoms with Crippen molar-refractivity contribution in [1.29, 1.82) is 0 Å². The first-order valence-electron chi connectivity index (χ1n) is 5.51. The van der Waals surface area contributed by atoms with E-state index >= 15 is 0 Å². The van der Waals surface area contributed by atoms with Crippen LogP contribution in [0.2, 0.25) is 5.15 Å². The minimum absolute atomic E-state index is 0.125. The highest BCUT2D eigenvalue weighted by Crippen LogP contribution is 2.15. The van der Waals surface area contributed by atoms with Crippen LogP contribution in [-0.4, -0.2) is 32.5 Å². The zero-order valence-electron chi connectivity index (χ0n) is 10.2. The van der Waals surface area contributed by atoms with Crippen LogP contribution in [0.4, 0.5) is 5.95 Å². The van der Waals surface area contributed by atoms with Crippen LogP contribution in [0, 0.1) is 0 Å². The lowest BCUT2D eigenvalue weighted by Gasteiger charge is -2.06. The Labute approximate surface area is 114 Å². The second kappa shape index (κ2) is 6.14. The first-order chi connectivity index (χ1) is 9.17. The molecule has 2 rings (SSSR count). The number of hydrogen-bond donors (Lipinski definition) is 1. The Morgan fingerprint density at radius 3 is 3.05 bits per heavy atom. The molecule has 2 aromatic heterocycles. The van der Waals surface area contributed by atoms with Gasteiger partial charge < -0.3 is 9.30 Å². The number of aromatic nitrogens is 4. The number of nitrogens with one attached hydrogen (secondary N) is 1. The monoisotopic (exact) mass is 281 g/mol. The van der Waals surface area contributed by atoms with Gasteiger partial charge in [-0.2, -0.15) is 4.98 Å². The van der Waals surface area contributed by atoms with Gasteiger partial charge in [-0.05, 0) is 0 Å². The summed E-state index contributed by atoms with van der Waals surface area (Å²) in [4.78, 5) is 23.5. The molecule has 0 unspecified atom stereocenters. The summed E-state index contributed by atoms with van der Waals surface area (Å²) in [5.74, 6) is 0.211. The van der Waals surface area contributed by atoms with E-state index in [-0.39, 0.29) is 23.4 Å². The average molecular weight is 282 g/mol. The molecule has 0 atom stereocenters. The van der Waals surface area contributed by atoms with Crippen molar-refractivity contribution in [2.24, 2.45) is 0 Å². The highest BCUT2D eigenvalue weighted by atomic mass is 35.5. The van der Waals surface area contributed by atoms with Gasteiger partial charge in [0.15, 0.2) is 0 Å². The van der Waals surface area contributed by atoms with E-state index in [1.54, 1.807) is 23.3 Å². The van der Waals surface area contributed by atoms with Crippen molar-refractivity contribution in [3.8, 4) is 5.88 Å². The van der Waals surface area contributed by atoms with Crippen molar-refractivity contribution in [3.63, 3.8) is 0 Å². The molecular weight excluding hydrogens is 270 g/mol. The van der Waals surface area contributed by atoms with E-state index in [9.17, 15) is 4.79 Å². The second-order valence-electron chi connectivity index (χ2n) is 3.66. The first-order valence-corrected chi connectivity index (χ1v) is 5.89. The molecule has 1 N–H and O–H groups in total. The Morgan fingerprint density at radius 2 is 2.37 bits per heavy atom. The Balaban J connectivity index is 1.93. The molecule has 7 nitrogen and oxygen atoms in total. The van der Waals surface area contributed by atoms with Crippen LogP contribution in [0.5, 0.6) is 5.88 Å². The Hall–Kier alpha value is -2.15. The molecule has 0 radical (unpaired) electrons. The number of carbonyl (C=O) groups excluding carboxylic acids is 1. The number of amides is 1. The first kappa shape index (κ1) is 13.3. The average Bonchev–Trinajstić information content (AvgIpc) is 2.88. The van der Waals surface area contributed by atoms with Gasteiger partial charge in [-0.25, -0.2) is 9.97 Å². The normalized spacial score (nSPS) is 10.2. The van der Waals surface area contributed by atoms with E-state index in [2.05, 4.69) is 20.3 Å². The van der Waals surface area contributed by atoms with Crippen molar-refractivity contribution in [3.05, 3.63) is 29.9 Å². The van der Waals surface area contributed by atoms with Gasteiger partial charge in [-0.1, -0.05) is 11.6 Å². The number of methoxy groups -OCH3 is 1. The largest absolute Gasteiger partial charge is 0.481 e. The number of halogens is 1. The van der Waals surface area contributed by atoms with Gasteiger partial charge >= 0.3 is 0 Å². The molecule has 19 heavy (non-hydrogen) atoms.